The van der Waals surface area contributed by atoms with Gasteiger partial charge in [0.05, 0.1) is 18.1 Å². The van der Waals surface area contributed by atoms with E-state index in [0.717, 1.165) is 12.0 Å². The van der Waals surface area contributed by atoms with Crippen molar-refractivity contribution in [3.8, 4) is 0 Å². The van der Waals surface area contributed by atoms with E-state index in [1.165, 1.54) is 4.90 Å². The molecule has 6 nitrogen and oxygen atoms in total. The summed E-state index contributed by atoms with van der Waals surface area (Å²) in [7, 11) is -3.08. The highest BCUT2D eigenvalue weighted by molar-refractivity contribution is 7.91. The molecule has 1 aromatic rings. The Kier molecular flexibility index (Phi) is 5.42. The molecular weight excluding hydrogens is 304 g/mol. The Morgan fingerprint density at radius 2 is 2.23 bits per heavy atom. The van der Waals surface area contributed by atoms with Crippen LogP contribution in [0, 0.1) is 0 Å². The third-order valence-corrected chi connectivity index (χ3v) is 5.59. The predicted octanol–water partition coefficient (Wildman–Crippen LogP) is 1.26. The lowest BCUT2D eigenvalue weighted by Crippen LogP contribution is -2.45. The summed E-state index contributed by atoms with van der Waals surface area (Å²) in [5, 5.41) is 11.9. The van der Waals surface area contributed by atoms with E-state index in [4.69, 9.17) is 5.11 Å². The number of nitrogens with one attached hydrogen (secondary N) is 1. The molecule has 0 aromatic heterocycles. The Balaban J connectivity index is 2.09. The van der Waals surface area contributed by atoms with Crippen LogP contribution in [0.2, 0.25) is 0 Å². The number of amides is 2. The minimum atomic E-state index is -3.08. The second-order valence-corrected chi connectivity index (χ2v) is 7.69. The third kappa shape index (κ3) is 4.20. The van der Waals surface area contributed by atoms with E-state index in [2.05, 4.69) is 5.32 Å². The number of urea groups is 1. The molecule has 1 saturated heterocycles. The summed E-state index contributed by atoms with van der Waals surface area (Å²) < 4.78 is 23.2. The number of carbonyl (C=O) groups excluding carboxylic acids is 1. The van der Waals surface area contributed by atoms with Crippen LogP contribution in [0.25, 0.3) is 0 Å². The van der Waals surface area contributed by atoms with Crippen molar-refractivity contribution in [2.24, 2.45) is 0 Å². The number of carbonyl (C=O) groups is 1. The Morgan fingerprint density at radius 3 is 2.82 bits per heavy atom. The number of rotatable bonds is 5. The summed E-state index contributed by atoms with van der Waals surface area (Å²) >= 11 is 0. The highest BCUT2D eigenvalue weighted by Gasteiger charge is 2.34. The molecule has 1 fully saturated rings. The first kappa shape index (κ1) is 16.8. The Morgan fingerprint density at radius 1 is 1.45 bits per heavy atom. The molecule has 1 aliphatic rings. The van der Waals surface area contributed by atoms with Crippen LogP contribution >= 0.6 is 0 Å². The molecule has 0 radical (unpaired) electrons. The Hall–Kier alpha value is -1.60. The number of sulfone groups is 1. The van der Waals surface area contributed by atoms with E-state index in [-0.39, 0.29) is 36.7 Å². The van der Waals surface area contributed by atoms with Gasteiger partial charge in [-0.05, 0) is 30.5 Å². The maximum absolute atomic E-state index is 12.4. The molecule has 0 spiro atoms. The summed E-state index contributed by atoms with van der Waals surface area (Å²) in [6.07, 6.45) is 1.29. The number of hydrogen-bond donors (Lipinski definition) is 2. The second kappa shape index (κ2) is 7.11. The average Bonchev–Trinajstić information content (AvgIpc) is 2.84. The van der Waals surface area contributed by atoms with Crippen molar-refractivity contribution in [1.82, 2.24) is 4.90 Å². The first-order chi connectivity index (χ1) is 10.4. The van der Waals surface area contributed by atoms with Crippen LogP contribution in [0.5, 0.6) is 0 Å². The molecule has 1 atom stereocenters. The molecule has 0 saturated carbocycles. The number of aliphatic hydroxyl groups excluding tert-OH is 1. The SMILES string of the molecule is CCc1cccc(NC(=O)N(CCO)[C@H]2CCS(=O)(=O)C2)c1. The van der Waals surface area contributed by atoms with Crippen LogP contribution in [0.15, 0.2) is 24.3 Å². The van der Waals surface area contributed by atoms with Crippen LogP contribution in [-0.4, -0.2) is 55.2 Å². The molecule has 2 N–H and O–H groups in total. The smallest absolute Gasteiger partial charge is 0.322 e. The Bertz CT molecular complexity index is 630. The molecule has 0 bridgehead atoms. The van der Waals surface area contributed by atoms with E-state index in [1.807, 2.05) is 25.1 Å². The highest BCUT2D eigenvalue weighted by atomic mass is 32.2. The van der Waals surface area contributed by atoms with Crippen molar-refractivity contribution in [2.75, 3.05) is 30.0 Å². The zero-order valence-corrected chi connectivity index (χ0v) is 13.5. The van der Waals surface area contributed by atoms with Gasteiger partial charge in [0, 0.05) is 18.3 Å². The summed E-state index contributed by atoms with van der Waals surface area (Å²) in [6, 6.07) is 6.78. The molecular formula is C15H22N2O4S. The van der Waals surface area contributed by atoms with Gasteiger partial charge in [0.2, 0.25) is 0 Å². The van der Waals surface area contributed by atoms with Crippen molar-refractivity contribution in [3.05, 3.63) is 29.8 Å². The molecule has 2 rings (SSSR count). The van der Waals surface area contributed by atoms with E-state index in [1.54, 1.807) is 6.07 Å². The number of benzene rings is 1. The summed E-state index contributed by atoms with van der Waals surface area (Å²) in [6.45, 7) is 1.96. The zero-order valence-electron chi connectivity index (χ0n) is 12.7. The van der Waals surface area contributed by atoms with E-state index in [9.17, 15) is 13.2 Å². The zero-order chi connectivity index (χ0) is 16.2. The maximum atomic E-state index is 12.4. The minimum absolute atomic E-state index is 0.0323. The third-order valence-electron chi connectivity index (χ3n) is 3.84. The van der Waals surface area contributed by atoms with Crippen molar-refractivity contribution in [2.45, 2.75) is 25.8 Å². The largest absolute Gasteiger partial charge is 0.395 e. The minimum Gasteiger partial charge on any atom is -0.395 e. The monoisotopic (exact) mass is 326 g/mol. The number of hydrogen-bond acceptors (Lipinski definition) is 4. The molecule has 2 amide bonds. The van der Waals surface area contributed by atoms with Gasteiger partial charge in [0.1, 0.15) is 0 Å². The fraction of sp³-hybridized carbons (Fsp3) is 0.533. The van der Waals surface area contributed by atoms with Crippen molar-refractivity contribution in [3.63, 3.8) is 0 Å². The van der Waals surface area contributed by atoms with Gasteiger partial charge in [-0.2, -0.15) is 0 Å². The van der Waals surface area contributed by atoms with Gasteiger partial charge < -0.3 is 15.3 Å². The Labute approximate surface area is 131 Å². The lowest BCUT2D eigenvalue weighted by Gasteiger charge is -2.27. The topological polar surface area (TPSA) is 86.7 Å². The van der Waals surface area contributed by atoms with Gasteiger partial charge in [0.15, 0.2) is 9.84 Å². The fourth-order valence-corrected chi connectivity index (χ4v) is 4.37. The van der Waals surface area contributed by atoms with Gasteiger partial charge in [-0.25, -0.2) is 13.2 Å². The molecule has 1 heterocycles. The van der Waals surface area contributed by atoms with Crippen molar-refractivity contribution >= 4 is 21.6 Å². The molecule has 122 valence electrons. The van der Waals surface area contributed by atoms with E-state index < -0.39 is 9.84 Å². The average molecular weight is 326 g/mol. The maximum Gasteiger partial charge on any atom is 0.322 e. The normalized spacial score (nSPS) is 19.8. The quantitative estimate of drug-likeness (QED) is 0.853. The van der Waals surface area contributed by atoms with Crippen LogP contribution in [0.3, 0.4) is 0 Å². The van der Waals surface area contributed by atoms with Crippen LogP contribution in [0.4, 0.5) is 10.5 Å². The number of aryl methyl sites for hydroxylation is 1. The standard InChI is InChI=1S/C15H22N2O4S/c1-2-12-4-3-5-13(10-12)16-15(19)17(7-8-18)14-6-9-22(20,21)11-14/h3-5,10,14,18H,2,6-9,11H2,1H3,(H,16,19)/t14-/m0/s1. The molecule has 7 heteroatoms. The van der Waals surface area contributed by atoms with Gasteiger partial charge >= 0.3 is 6.03 Å². The molecule has 0 aliphatic carbocycles. The number of anilines is 1. The van der Waals surface area contributed by atoms with Crippen LogP contribution < -0.4 is 5.32 Å². The first-order valence-electron chi connectivity index (χ1n) is 7.43. The second-order valence-electron chi connectivity index (χ2n) is 5.46. The van der Waals surface area contributed by atoms with E-state index >= 15 is 0 Å². The van der Waals surface area contributed by atoms with Gasteiger partial charge in [0.25, 0.3) is 0 Å². The molecule has 22 heavy (non-hydrogen) atoms. The summed E-state index contributed by atoms with van der Waals surface area (Å²) in [5.41, 5.74) is 1.78. The molecule has 0 unspecified atom stereocenters. The fourth-order valence-electron chi connectivity index (χ4n) is 2.64. The van der Waals surface area contributed by atoms with Gasteiger partial charge in [-0.3, -0.25) is 0 Å². The van der Waals surface area contributed by atoms with Crippen molar-refractivity contribution in [1.29, 1.82) is 0 Å². The summed E-state index contributed by atoms with van der Waals surface area (Å²) in [5.74, 6) is 0.0631. The lowest BCUT2D eigenvalue weighted by molar-refractivity contribution is 0.169. The van der Waals surface area contributed by atoms with E-state index in [0.29, 0.717) is 12.1 Å². The number of nitrogens with zero attached hydrogens (tertiary/aromatic N) is 1. The molecule has 1 aliphatic heterocycles. The summed E-state index contributed by atoms with van der Waals surface area (Å²) in [4.78, 5) is 13.8. The van der Waals surface area contributed by atoms with Crippen LogP contribution in [0.1, 0.15) is 18.9 Å². The highest BCUT2D eigenvalue weighted by Crippen LogP contribution is 2.19. The van der Waals surface area contributed by atoms with Gasteiger partial charge in [-0.1, -0.05) is 19.1 Å². The first-order valence-corrected chi connectivity index (χ1v) is 9.25. The van der Waals surface area contributed by atoms with Crippen LogP contribution in [-0.2, 0) is 16.3 Å². The molecule has 1 aromatic carbocycles. The van der Waals surface area contributed by atoms with Crippen molar-refractivity contribution < 1.29 is 18.3 Å². The predicted molar refractivity (Wildman–Crippen MR) is 85.7 cm³/mol. The lowest BCUT2D eigenvalue weighted by atomic mass is 10.1. The van der Waals surface area contributed by atoms with Gasteiger partial charge in [-0.15, -0.1) is 0 Å². The number of aliphatic hydroxyl groups is 1.